The molecule has 1 saturated heterocycles. The number of halogens is 1. The van der Waals surface area contributed by atoms with Crippen LogP contribution in [0.1, 0.15) is 26.3 Å². The summed E-state index contributed by atoms with van der Waals surface area (Å²) < 4.78 is 1.12. The molecule has 2 rings (SSSR count). The number of hydrogen-bond donors (Lipinski definition) is 1. The van der Waals surface area contributed by atoms with Crippen LogP contribution in [0.2, 0.25) is 0 Å². The van der Waals surface area contributed by atoms with E-state index in [-0.39, 0.29) is 5.54 Å². The van der Waals surface area contributed by atoms with Crippen LogP contribution < -0.4 is 5.73 Å². The number of hydrogen-bond acceptors (Lipinski definition) is 3. The van der Waals surface area contributed by atoms with Gasteiger partial charge in [-0.3, -0.25) is 9.80 Å². The van der Waals surface area contributed by atoms with Crippen LogP contribution in [0, 0.1) is 0 Å². The first kappa shape index (κ1) is 14.8. The standard InChI is InChI=1S/C15H24BrN3/c1-15(2,3)19-9-7-18(8-10-19)11-12-13(16)5-4-6-14(12)17/h4-6H,7-11,17H2,1-3H3. The van der Waals surface area contributed by atoms with E-state index >= 15 is 0 Å². The van der Waals surface area contributed by atoms with Gasteiger partial charge in [0, 0.05) is 54.0 Å². The second-order valence-electron chi connectivity index (χ2n) is 6.24. The van der Waals surface area contributed by atoms with Crippen molar-refractivity contribution < 1.29 is 0 Å². The maximum atomic E-state index is 6.07. The highest BCUT2D eigenvalue weighted by Crippen LogP contribution is 2.25. The van der Waals surface area contributed by atoms with E-state index in [1.165, 1.54) is 5.56 Å². The Morgan fingerprint density at radius 2 is 1.79 bits per heavy atom. The topological polar surface area (TPSA) is 32.5 Å². The van der Waals surface area contributed by atoms with Crippen LogP contribution in [0.5, 0.6) is 0 Å². The summed E-state index contributed by atoms with van der Waals surface area (Å²) in [5.41, 5.74) is 8.44. The molecule has 0 radical (unpaired) electrons. The Hall–Kier alpha value is -0.580. The smallest absolute Gasteiger partial charge is 0.0371 e. The molecule has 1 heterocycles. The number of piperazine rings is 1. The molecule has 0 amide bonds. The van der Waals surface area contributed by atoms with E-state index in [2.05, 4.69) is 52.6 Å². The summed E-state index contributed by atoms with van der Waals surface area (Å²) in [5.74, 6) is 0. The minimum atomic E-state index is 0.276. The second kappa shape index (κ2) is 5.81. The predicted octanol–water partition coefficient (Wildman–Crippen LogP) is 2.95. The molecule has 0 atom stereocenters. The molecule has 19 heavy (non-hydrogen) atoms. The highest BCUT2D eigenvalue weighted by atomic mass is 79.9. The zero-order valence-electron chi connectivity index (χ0n) is 12.1. The molecule has 1 aromatic carbocycles. The summed E-state index contributed by atoms with van der Waals surface area (Å²) in [5, 5.41) is 0. The van der Waals surface area contributed by atoms with Gasteiger partial charge >= 0.3 is 0 Å². The number of nitrogen functional groups attached to an aromatic ring is 1. The van der Waals surface area contributed by atoms with Crippen LogP contribution in [0.15, 0.2) is 22.7 Å². The number of nitrogens with two attached hydrogens (primary N) is 1. The summed E-state index contributed by atoms with van der Waals surface area (Å²) in [6, 6.07) is 6.03. The zero-order chi connectivity index (χ0) is 14.0. The van der Waals surface area contributed by atoms with Gasteiger partial charge in [-0.15, -0.1) is 0 Å². The molecular formula is C15H24BrN3. The molecule has 3 nitrogen and oxygen atoms in total. The van der Waals surface area contributed by atoms with Gasteiger partial charge in [-0.25, -0.2) is 0 Å². The second-order valence-corrected chi connectivity index (χ2v) is 7.10. The van der Waals surface area contributed by atoms with E-state index in [0.29, 0.717) is 0 Å². The molecule has 0 bridgehead atoms. The Balaban J connectivity index is 1.96. The fraction of sp³-hybridized carbons (Fsp3) is 0.600. The first-order valence-corrected chi connectivity index (χ1v) is 7.67. The largest absolute Gasteiger partial charge is 0.398 e. The predicted molar refractivity (Wildman–Crippen MR) is 85.2 cm³/mol. The number of anilines is 1. The van der Waals surface area contributed by atoms with Gasteiger partial charge in [-0.2, -0.15) is 0 Å². The lowest BCUT2D eigenvalue weighted by atomic mass is 10.0. The van der Waals surface area contributed by atoms with Crippen molar-refractivity contribution in [3.63, 3.8) is 0 Å². The summed E-state index contributed by atoms with van der Waals surface area (Å²) in [7, 11) is 0. The molecular weight excluding hydrogens is 302 g/mol. The molecule has 0 saturated carbocycles. The molecule has 0 aliphatic carbocycles. The lowest BCUT2D eigenvalue weighted by molar-refractivity contribution is 0.0591. The van der Waals surface area contributed by atoms with Gasteiger partial charge in [0.1, 0.15) is 0 Å². The molecule has 2 N–H and O–H groups in total. The minimum Gasteiger partial charge on any atom is -0.398 e. The van der Waals surface area contributed by atoms with Gasteiger partial charge in [0.25, 0.3) is 0 Å². The normalized spacial score (nSPS) is 18.7. The number of benzene rings is 1. The third-order valence-electron chi connectivity index (χ3n) is 3.86. The molecule has 1 fully saturated rings. The van der Waals surface area contributed by atoms with Crippen LogP contribution in [0.3, 0.4) is 0 Å². The van der Waals surface area contributed by atoms with Gasteiger partial charge in [-0.1, -0.05) is 22.0 Å². The Kier molecular flexibility index (Phi) is 4.54. The Bertz CT molecular complexity index is 411. The van der Waals surface area contributed by atoms with E-state index in [1.807, 2.05) is 12.1 Å². The fourth-order valence-corrected chi connectivity index (χ4v) is 3.05. The van der Waals surface area contributed by atoms with Crippen molar-refractivity contribution in [2.75, 3.05) is 31.9 Å². The molecule has 1 aliphatic heterocycles. The monoisotopic (exact) mass is 325 g/mol. The average Bonchev–Trinajstić information content (AvgIpc) is 2.33. The van der Waals surface area contributed by atoms with Gasteiger partial charge in [0.05, 0.1) is 0 Å². The zero-order valence-corrected chi connectivity index (χ0v) is 13.7. The number of nitrogens with zero attached hydrogens (tertiary/aromatic N) is 2. The van der Waals surface area contributed by atoms with Crippen molar-refractivity contribution in [2.24, 2.45) is 0 Å². The van der Waals surface area contributed by atoms with E-state index in [1.54, 1.807) is 0 Å². The lowest BCUT2D eigenvalue weighted by Crippen LogP contribution is -2.53. The van der Waals surface area contributed by atoms with Crippen molar-refractivity contribution in [2.45, 2.75) is 32.9 Å². The maximum absolute atomic E-state index is 6.07. The molecule has 4 heteroatoms. The van der Waals surface area contributed by atoms with E-state index in [9.17, 15) is 0 Å². The van der Waals surface area contributed by atoms with Crippen molar-refractivity contribution >= 4 is 21.6 Å². The quantitative estimate of drug-likeness (QED) is 0.848. The number of rotatable bonds is 2. The van der Waals surface area contributed by atoms with E-state index in [0.717, 1.165) is 42.9 Å². The Morgan fingerprint density at radius 1 is 1.16 bits per heavy atom. The third-order valence-corrected chi connectivity index (χ3v) is 4.60. The lowest BCUT2D eigenvalue weighted by Gasteiger charge is -2.42. The third kappa shape index (κ3) is 3.71. The first-order chi connectivity index (χ1) is 8.88. The summed E-state index contributed by atoms with van der Waals surface area (Å²) in [4.78, 5) is 5.03. The molecule has 0 spiro atoms. The van der Waals surface area contributed by atoms with Gasteiger partial charge in [0.2, 0.25) is 0 Å². The van der Waals surface area contributed by atoms with Crippen LogP contribution in [-0.2, 0) is 6.54 Å². The SMILES string of the molecule is CC(C)(C)N1CCN(Cc2c(N)cccc2Br)CC1. The highest BCUT2D eigenvalue weighted by molar-refractivity contribution is 9.10. The fourth-order valence-electron chi connectivity index (χ4n) is 2.54. The first-order valence-electron chi connectivity index (χ1n) is 6.88. The van der Waals surface area contributed by atoms with Crippen LogP contribution in [0.4, 0.5) is 5.69 Å². The summed E-state index contributed by atoms with van der Waals surface area (Å²) in [6.45, 7) is 12.3. The highest BCUT2D eigenvalue weighted by Gasteiger charge is 2.26. The average molecular weight is 326 g/mol. The van der Waals surface area contributed by atoms with Crippen molar-refractivity contribution in [1.29, 1.82) is 0 Å². The van der Waals surface area contributed by atoms with Gasteiger partial charge < -0.3 is 5.73 Å². The Labute approximate surface area is 124 Å². The summed E-state index contributed by atoms with van der Waals surface area (Å²) in [6.07, 6.45) is 0. The van der Waals surface area contributed by atoms with Crippen LogP contribution in [0.25, 0.3) is 0 Å². The molecule has 0 unspecified atom stereocenters. The van der Waals surface area contributed by atoms with Crippen molar-refractivity contribution in [3.8, 4) is 0 Å². The van der Waals surface area contributed by atoms with Crippen LogP contribution >= 0.6 is 15.9 Å². The molecule has 0 aromatic heterocycles. The maximum Gasteiger partial charge on any atom is 0.0371 e. The van der Waals surface area contributed by atoms with E-state index < -0.39 is 0 Å². The van der Waals surface area contributed by atoms with E-state index in [4.69, 9.17) is 5.73 Å². The van der Waals surface area contributed by atoms with Crippen molar-refractivity contribution in [1.82, 2.24) is 9.80 Å². The Morgan fingerprint density at radius 3 is 2.32 bits per heavy atom. The van der Waals surface area contributed by atoms with Gasteiger partial charge in [-0.05, 0) is 32.9 Å². The van der Waals surface area contributed by atoms with Gasteiger partial charge in [0.15, 0.2) is 0 Å². The van der Waals surface area contributed by atoms with Crippen LogP contribution in [-0.4, -0.2) is 41.5 Å². The summed E-state index contributed by atoms with van der Waals surface area (Å²) >= 11 is 3.60. The minimum absolute atomic E-state index is 0.276. The molecule has 1 aromatic rings. The molecule has 106 valence electrons. The van der Waals surface area contributed by atoms with Crippen molar-refractivity contribution in [3.05, 3.63) is 28.2 Å². The molecule has 1 aliphatic rings.